The first-order valence-corrected chi connectivity index (χ1v) is 7.97. The summed E-state index contributed by atoms with van der Waals surface area (Å²) in [6.07, 6.45) is 5.04. The van der Waals surface area contributed by atoms with Crippen molar-refractivity contribution in [3.63, 3.8) is 0 Å². The lowest BCUT2D eigenvalue weighted by molar-refractivity contribution is 0.00578. The second-order valence-corrected chi connectivity index (χ2v) is 7.04. The lowest BCUT2D eigenvalue weighted by Gasteiger charge is -2.32. The maximum absolute atomic E-state index is 6.13. The lowest BCUT2D eigenvalue weighted by Crippen LogP contribution is -2.41. The fraction of sp³-hybridized carbons (Fsp3) is 0.353. The maximum atomic E-state index is 6.13. The van der Waals surface area contributed by atoms with Crippen molar-refractivity contribution in [2.45, 2.75) is 38.9 Å². The summed E-state index contributed by atoms with van der Waals surface area (Å²) in [5, 5.41) is 5.32. The van der Waals surface area contributed by atoms with Crippen molar-refractivity contribution >= 4 is 23.6 Å². The van der Waals surface area contributed by atoms with Crippen LogP contribution in [0, 0.1) is 0 Å². The van der Waals surface area contributed by atoms with E-state index in [9.17, 15) is 0 Å². The Balaban J connectivity index is 1.73. The van der Waals surface area contributed by atoms with Gasteiger partial charge in [-0.15, -0.1) is 0 Å². The van der Waals surface area contributed by atoms with E-state index in [0.29, 0.717) is 0 Å². The van der Waals surface area contributed by atoms with Crippen molar-refractivity contribution in [1.29, 1.82) is 0 Å². The first-order chi connectivity index (χ1) is 11.4. The second kappa shape index (κ2) is 5.12. The Morgan fingerprint density at radius 2 is 1.79 bits per heavy atom. The van der Waals surface area contributed by atoms with Crippen LogP contribution < -0.4 is 5.46 Å². The zero-order valence-corrected chi connectivity index (χ0v) is 14.2. The van der Waals surface area contributed by atoms with E-state index in [1.807, 2.05) is 24.3 Å². The highest BCUT2D eigenvalue weighted by Gasteiger charge is 2.51. The molecule has 1 aliphatic heterocycles. The largest absolute Gasteiger partial charge is 0.494 e. The summed E-state index contributed by atoms with van der Waals surface area (Å²) in [5.74, 6) is 0. The van der Waals surface area contributed by atoms with Crippen LogP contribution >= 0.6 is 0 Å². The van der Waals surface area contributed by atoms with Crippen LogP contribution in [0.5, 0.6) is 0 Å². The monoisotopic (exact) mass is 322 g/mol. The molecule has 3 aromatic rings. The highest BCUT2D eigenvalue weighted by atomic mass is 16.7. The van der Waals surface area contributed by atoms with Crippen molar-refractivity contribution in [3.8, 4) is 5.69 Å². The molecule has 0 unspecified atom stereocenters. The minimum absolute atomic E-state index is 0.362. The van der Waals surface area contributed by atoms with Gasteiger partial charge in [0.1, 0.15) is 6.33 Å². The van der Waals surface area contributed by atoms with Gasteiger partial charge in [0, 0.05) is 6.20 Å². The Bertz CT molecular complexity index is 890. The molecule has 4 rings (SSSR count). The Hall–Kier alpha value is -2.25. The van der Waals surface area contributed by atoms with Gasteiger partial charge in [0.15, 0.2) is 5.65 Å². The van der Waals surface area contributed by atoms with E-state index in [1.54, 1.807) is 17.1 Å². The van der Waals surface area contributed by atoms with Gasteiger partial charge < -0.3 is 9.31 Å². The minimum Gasteiger partial charge on any atom is -0.399 e. The average Bonchev–Trinajstić information content (AvgIpc) is 3.06. The maximum Gasteiger partial charge on any atom is 0.494 e. The molecule has 2 aromatic heterocycles. The predicted molar refractivity (Wildman–Crippen MR) is 92.4 cm³/mol. The van der Waals surface area contributed by atoms with Gasteiger partial charge in [0.2, 0.25) is 0 Å². The predicted octanol–water partition coefficient (Wildman–Crippen LogP) is 2.11. The van der Waals surface area contributed by atoms with Crippen LogP contribution in [0.15, 0.2) is 43.0 Å². The Kier molecular flexibility index (Phi) is 3.27. The van der Waals surface area contributed by atoms with Gasteiger partial charge in [-0.1, -0.05) is 12.1 Å². The molecule has 0 atom stereocenters. The fourth-order valence-electron chi connectivity index (χ4n) is 2.75. The number of benzene rings is 1. The third kappa shape index (κ3) is 2.32. The number of aromatic nitrogens is 4. The van der Waals surface area contributed by atoms with E-state index in [2.05, 4.69) is 42.8 Å². The normalized spacial score (nSPS) is 19.1. The lowest BCUT2D eigenvalue weighted by atomic mass is 9.79. The molecule has 6 nitrogen and oxygen atoms in total. The summed E-state index contributed by atoms with van der Waals surface area (Å²) in [6.45, 7) is 8.20. The Labute approximate surface area is 141 Å². The molecule has 0 amide bonds. The summed E-state index contributed by atoms with van der Waals surface area (Å²) in [6, 6.07) is 8.00. The first kappa shape index (κ1) is 15.3. The smallest absolute Gasteiger partial charge is 0.399 e. The topological polar surface area (TPSA) is 62.1 Å². The Morgan fingerprint density at radius 1 is 1.04 bits per heavy atom. The molecule has 1 fully saturated rings. The van der Waals surface area contributed by atoms with Gasteiger partial charge in [0.25, 0.3) is 0 Å². The van der Waals surface area contributed by atoms with Crippen LogP contribution in [0.4, 0.5) is 0 Å². The summed E-state index contributed by atoms with van der Waals surface area (Å²) in [5.41, 5.74) is 1.93. The molecule has 0 spiro atoms. The second-order valence-electron chi connectivity index (χ2n) is 7.04. The van der Waals surface area contributed by atoms with E-state index in [4.69, 9.17) is 9.31 Å². The molecule has 3 heterocycles. The molecule has 0 saturated carbocycles. The highest BCUT2D eigenvalue weighted by molar-refractivity contribution is 6.62. The van der Waals surface area contributed by atoms with Gasteiger partial charge in [-0.05, 0) is 45.3 Å². The number of nitrogens with zero attached hydrogens (tertiary/aromatic N) is 4. The van der Waals surface area contributed by atoms with Crippen molar-refractivity contribution in [2.75, 3.05) is 0 Å². The van der Waals surface area contributed by atoms with Crippen LogP contribution in [0.2, 0.25) is 0 Å². The van der Waals surface area contributed by atoms with E-state index in [-0.39, 0.29) is 11.2 Å². The van der Waals surface area contributed by atoms with Gasteiger partial charge in [-0.2, -0.15) is 5.10 Å². The van der Waals surface area contributed by atoms with Crippen molar-refractivity contribution in [3.05, 3.63) is 43.0 Å². The van der Waals surface area contributed by atoms with Crippen LogP contribution in [0.3, 0.4) is 0 Å². The molecule has 24 heavy (non-hydrogen) atoms. The van der Waals surface area contributed by atoms with E-state index in [1.165, 1.54) is 6.33 Å². The molecule has 122 valence electrons. The zero-order valence-electron chi connectivity index (χ0n) is 14.2. The Morgan fingerprint density at radius 3 is 2.54 bits per heavy atom. The SMILES string of the molecule is CC1(C)OB(c2cccc(-n3ncc4cncnc43)c2)OC1(C)C. The van der Waals surface area contributed by atoms with Crippen molar-refractivity contribution < 1.29 is 9.31 Å². The standard InChI is InChI=1S/C17H19BN4O2/c1-16(2)17(3,4)24-18(23-16)13-6-5-7-14(8-13)22-15-12(10-21-22)9-19-11-20-15/h5-11H,1-4H3. The van der Waals surface area contributed by atoms with Gasteiger partial charge in [0.05, 0.1) is 28.5 Å². The van der Waals surface area contributed by atoms with Crippen LogP contribution in [0.25, 0.3) is 16.7 Å². The molecule has 0 N–H and O–H groups in total. The number of rotatable bonds is 2. The third-order valence-corrected chi connectivity index (χ3v) is 4.87. The van der Waals surface area contributed by atoms with Gasteiger partial charge in [-0.25, -0.2) is 14.6 Å². The highest BCUT2D eigenvalue weighted by Crippen LogP contribution is 2.36. The van der Waals surface area contributed by atoms with Crippen molar-refractivity contribution in [2.24, 2.45) is 0 Å². The van der Waals surface area contributed by atoms with Gasteiger partial charge in [-0.3, -0.25) is 0 Å². The van der Waals surface area contributed by atoms with E-state index in [0.717, 1.165) is 22.2 Å². The van der Waals surface area contributed by atoms with Crippen LogP contribution in [0.1, 0.15) is 27.7 Å². The molecular weight excluding hydrogens is 303 g/mol. The number of hydrogen-bond acceptors (Lipinski definition) is 5. The number of fused-ring (bicyclic) bond motifs is 1. The molecule has 1 aliphatic rings. The fourth-order valence-corrected chi connectivity index (χ4v) is 2.75. The van der Waals surface area contributed by atoms with Crippen LogP contribution in [-0.4, -0.2) is 38.1 Å². The molecule has 1 aromatic carbocycles. The molecule has 0 aliphatic carbocycles. The molecular formula is C17H19BN4O2. The molecule has 1 saturated heterocycles. The minimum atomic E-state index is -0.397. The van der Waals surface area contributed by atoms with Crippen molar-refractivity contribution in [1.82, 2.24) is 19.7 Å². The molecule has 7 heteroatoms. The third-order valence-electron chi connectivity index (χ3n) is 4.87. The summed E-state index contributed by atoms with van der Waals surface area (Å²) in [7, 11) is -0.397. The summed E-state index contributed by atoms with van der Waals surface area (Å²) >= 11 is 0. The van der Waals surface area contributed by atoms with Gasteiger partial charge >= 0.3 is 7.12 Å². The van der Waals surface area contributed by atoms with E-state index >= 15 is 0 Å². The summed E-state index contributed by atoms with van der Waals surface area (Å²) in [4.78, 5) is 8.35. The molecule has 0 bridgehead atoms. The first-order valence-electron chi connectivity index (χ1n) is 7.97. The quantitative estimate of drug-likeness (QED) is 0.676. The molecule has 0 radical (unpaired) electrons. The number of hydrogen-bond donors (Lipinski definition) is 0. The zero-order chi connectivity index (χ0) is 16.9. The average molecular weight is 322 g/mol. The summed E-state index contributed by atoms with van der Waals surface area (Å²) < 4.78 is 14.1. The van der Waals surface area contributed by atoms with E-state index < -0.39 is 7.12 Å². The van der Waals surface area contributed by atoms with Crippen LogP contribution in [-0.2, 0) is 9.31 Å².